The molecule has 8 nitrogen and oxygen atoms in total. The third-order valence-corrected chi connectivity index (χ3v) is 7.36. The van der Waals surface area contributed by atoms with Gasteiger partial charge >= 0.3 is 0 Å². The Bertz CT molecular complexity index is 1850. The summed E-state index contributed by atoms with van der Waals surface area (Å²) in [7, 11) is 0. The Morgan fingerprint density at radius 2 is 1.90 bits per heavy atom. The predicted molar refractivity (Wildman–Crippen MR) is 148 cm³/mol. The number of carbonyl (C=O) groups excluding carboxylic acids is 1. The molecule has 5 heterocycles. The standard InChI is InChI=1S/C30H24FN7O/c31-20-7-3-6-18(12-20)22-10-11-33-29-23(22)14-26(36-29)28-27-25(37-38-28)9-8-24(35-27)19-13-21(16-32-15-19)34-30(39)17-4-1-2-5-17/h3,6-17H,1-2,4-5H2,(H,33,36)(H,34,39)(H,37,38). The van der Waals surface area contributed by atoms with Gasteiger partial charge in [0.25, 0.3) is 0 Å². The van der Waals surface area contributed by atoms with E-state index in [0.29, 0.717) is 28.2 Å². The van der Waals surface area contributed by atoms with Crippen LogP contribution in [-0.4, -0.2) is 36.0 Å². The van der Waals surface area contributed by atoms with Gasteiger partial charge in [0.2, 0.25) is 5.91 Å². The van der Waals surface area contributed by atoms with E-state index < -0.39 is 0 Å². The number of carbonyl (C=O) groups is 1. The van der Waals surface area contributed by atoms with Crippen LogP contribution in [0.25, 0.3) is 55.8 Å². The van der Waals surface area contributed by atoms with E-state index in [4.69, 9.17) is 4.98 Å². The first-order valence-corrected chi connectivity index (χ1v) is 13.0. The lowest BCUT2D eigenvalue weighted by Gasteiger charge is -2.11. The van der Waals surface area contributed by atoms with Gasteiger partial charge in [0.05, 0.1) is 28.8 Å². The van der Waals surface area contributed by atoms with E-state index in [1.54, 1.807) is 24.7 Å². The van der Waals surface area contributed by atoms with Crippen molar-refractivity contribution >= 4 is 33.7 Å². The zero-order valence-electron chi connectivity index (χ0n) is 20.9. The molecule has 5 aromatic heterocycles. The van der Waals surface area contributed by atoms with E-state index in [-0.39, 0.29) is 17.6 Å². The number of H-pyrrole nitrogens is 2. The molecule has 0 unspecified atom stereocenters. The van der Waals surface area contributed by atoms with Gasteiger partial charge < -0.3 is 10.3 Å². The van der Waals surface area contributed by atoms with E-state index in [2.05, 4.69) is 30.5 Å². The number of anilines is 1. The minimum atomic E-state index is -0.292. The number of benzene rings is 1. The fourth-order valence-electron chi connectivity index (χ4n) is 5.39. The Balaban J connectivity index is 1.25. The zero-order chi connectivity index (χ0) is 26.3. The quantitative estimate of drug-likeness (QED) is 0.242. The van der Waals surface area contributed by atoms with Crippen molar-refractivity contribution in [2.75, 3.05) is 5.32 Å². The largest absolute Gasteiger partial charge is 0.338 e. The summed E-state index contributed by atoms with van der Waals surface area (Å²) in [5.74, 6) is -0.166. The number of nitrogens with one attached hydrogen (secondary N) is 3. The average molecular weight is 518 g/mol. The lowest BCUT2D eigenvalue weighted by atomic mass is 10.0. The van der Waals surface area contributed by atoms with Crippen molar-refractivity contribution in [1.29, 1.82) is 0 Å². The van der Waals surface area contributed by atoms with Crippen LogP contribution in [0.5, 0.6) is 0 Å². The molecule has 39 heavy (non-hydrogen) atoms. The maximum atomic E-state index is 13.9. The topological polar surface area (TPSA) is 112 Å². The lowest BCUT2D eigenvalue weighted by Crippen LogP contribution is -2.20. The van der Waals surface area contributed by atoms with Crippen LogP contribution in [0.2, 0.25) is 0 Å². The highest BCUT2D eigenvalue weighted by molar-refractivity contribution is 5.99. The second kappa shape index (κ2) is 9.43. The van der Waals surface area contributed by atoms with Crippen LogP contribution in [0.15, 0.2) is 73.2 Å². The first kappa shape index (κ1) is 23.2. The molecule has 1 amide bonds. The van der Waals surface area contributed by atoms with Gasteiger partial charge in [-0.1, -0.05) is 25.0 Å². The normalized spacial score (nSPS) is 13.9. The lowest BCUT2D eigenvalue weighted by molar-refractivity contribution is -0.119. The molecule has 1 saturated carbocycles. The summed E-state index contributed by atoms with van der Waals surface area (Å²) in [5, 5.41) is 11.5. The highest BCUT2D eigenvalue weighted by Gasteiger charge is 2.23. The molecule has 0 radical (unpaired) electrons. The van der Waals surface area contributed by atoms with Gasteiger partial charge in [-0.2, -0.15) is 5.10 Å². The maximum Gasteiger partial charge on any atom is 0.227 e. The molecule has 0 spiro atoms. The number of aromatic amines is 2. The predicted octanol–water partition coefficient (Wildman–Crippen LogP) is 6.50. The third-order valence-electron chi connectivity index (χ3n) is 7.36. The number of aromatic nitrogens is 6. The molecule has 1 aromatic carbocycles. The Kier molecular flexibility index (Phi) is 5.61. The van der Waals surface area contributed by atoms with Gasteiger partial charge in [-0.3, -0.25) is 14.9 Å². The Hall–Kier alpha value is -4.92. The van der Waals surface area contributed by atoms with Crippen molar-refractivity contribution in [3.8, 4) is 33.8 Å². The summed E-state index contributed by atoms with van der Waals surface area (Å²) < 4.78 is 13.9. The van der Waals surface area contributed by atoms with E-state index in [1.165, 1.54) is 12.1 Å². The molecule has 7 rings (SSSR count). The first-order valence-electron chi connectivity index (χ1n) is 13.0. The van der Waals surface area contributed by atoms with Crippen LogP contribution < -0.4 is 5.32 Å². The van der Waals surface area contributed by atoms with Crippen molar-refractivity contribution < 1.29 is 9.18 Å². The van der Waals surface area contributed by atoms with Crippen molar-refractivity contribution in [2.45, 2.75) is 25.7 Å². The van der Waals surface area contributed by atoms with Crippen molar-refractivity contribution in [3.63, 3.8) is 0 Å². The van der Waals surface area contributed by atoms with Gasteiger partial charge in [0.1, 0.15) is 22.7 Å². The van der Waals surface area contributed by atoms with Crippen LogP contribution in [0.1, 0.15) is 25.7 Å². The van der Waals surface area contributed by atoms with Crippen molar-refractivity contribution in [3.05, 3.63) is 79.0 Å². The van der Waals surface area contributed by atoms with E-state index in [1.807, 2.05) is 36.4 Å². The molecule has 0 aliphatic heterocycles. The average Bonchev–Trinajstić information content (AvgIpc) is 3.72. The Labute approximate surface area is 222 Å². The highest BCUT2D eigenvalue weighted by atomic mass is 19.1. The molecule has 6 aromatic rings. The van der Waals surface area contributed by atoms with Crippen LogP contribution in [0, 0.1) is 11.7 Å². The Morgan fingerprint density at radius 1 is 1.00 bits per heavy atom. The molecule has 0 saturated heterocycles. The van der Waals surface area contributed by atoms with Gasteiger partial charge in [-0.25, -0.2) is 14.4 Å². The molecule has 3 N–H and O–H groups in total. The molecular formula is C30H24FN7O. The molecule has 1 aliphatic rings. The second-order valence-corrected chi connectivity index (χ2v) is 9.91. The Morgan fingerprint density at radius 3 is 2.77 bits per heavy atom. The highest BCUT2D eigenvalue weighted by Crippen LogP contribution is 2.34. The molecule has 192 valence electrons. The number of fused-ring (bicyclic) bond motifs is 2. The van der Waals surface area contributed by atoms with E-state index >= 15 is 0 Å². The SMILES string of the molecule is O=C(Nc1cncc(-c2ccc3[nH]nc(-c4cc5c(-c6cccc(F)c6)ccnc5[nH]4)c3n2)c1)C1CCCC1. The fourth-order valence-corrected chi connectivity index (χ4v) is 5.39. The summed E-state index contributed by atoms with van der Waals surface area (Å²) in [6, 6.07) is 16.1. The number of amides is 1. The number of rotatable bonds is 5. The number of halogens is 1. The van der Waals surface area contributed by atoms with Crippen molar-refractivity contribution in [2.24, 2.45) is 5.92 Å². The maximum absolute atomic E-state index is 13.9. The number of nitrogens with zero attached hydrogens (tertiary/aromatic N) is 4. The van der Waals surface area contributed by atoms with Gasteiger partial charge in [0, 0.05) is 29.3 Å². The van der Waals surface area contributed by atoms with E-state index in [0.717, 1.165) is 59.0 Å². The number of hydrogen-bond donors (Lipinski definition) is 3. The van der Waals surface area contributed by atoms with Gasteiger partial charge in [-0.05, 0) is 66.4 Å². The summed E-state index contributed by atoms with van der Waals surface area (Å²) in [6.07, 6.45) is 9.18. The molecule has 1 aliphatic carbocycles. The second-order valence-electron chi connectivity index (χ2n) is 9.91. The van der Waals surface area contributed by atoms with Crippen LogP contribution in [0.4, 0.5) is 10.1 Å². The number of pyridine rings is 3. The van der Waals surface area contributed by atoms with Crippen LogP contribution in [-0.2, 0) is 4.79 Å². The minimum Gasteiger partial charge on any atom is -0.338 e. The fraction of sp³-hybridized carbons (Fsp3) is 0.167. The monoisotopic (exact) mass is 517 g/mol. The first-order chi connectivity index (χ1) is 19.1. The summed E-state index contributed by atoms with van der Waals surface area (Å²) in [4.78, 5) is 29.7. The molecule has 0 atom stereocenters. The molecule has 1 fully saturated rings. The van der Waals surface area contributed by atoms with Gasteiger partial charge in [0.15, 0.2) is 0 Å². The third kappa shape index (κ3) is 4.31. The zero-order valence-corrected chi connectivity index (χ0v) is 20.9. The molecule has 9 heteroatoms. The van der Waals surface area contributed by atoms with Crippen molar-refractivity contribution in [1.82, 2.24) is 30.1 Å². The van der Waals surface area contributed by atoms with Gasteiger partial charge in [-0.15, -0.1) is 0 Å². The van der Waals surface area contributed by atoms with E-state index in [9.17, 15) is 9.18 Å². The summed E-state index contributed by atoms with van der Waals surface area (Å²) in [6.45, 7) is 0. The summed E-state index contributed by atoms with van der Waals surface area (Å²) >= 11 is 0. The van der Waals surface area contributed by atoms with Crippen LogP contribution >= 0.6 is 0 Å². The van der Waals surface area contributed by atoms with Crippen LogP contribution in [0.3, 0.4) is 0 Å². The molecular weight excluding hydrogens is 493 g/mol. The summed E-state index contributed by atoms with van der Waals surface area (Å²) in [5.41, 5.74) is 7.34. The molecule has 0 bridgehead atoms. The smallest absolute Gasteiger partial charge is 0.227 e. The minimum absolute atomic E-state index is 0.0528. The number of hydrogen-bond acceptors (Lipinski definition) is 5.